The van der Waals surface area contributed by atoms with Crippen LogP contribution in [0.2, 0.25) is 0 Å². The molecule has 3 rings (SSSR count). The van der Waals surface area contributed by atoms with Gasteiger partial charge in [-0.05, 0) is 41.6 Å². The summed E-state index contributed by atoms with van der Waals surface area (Å²) in [5, 5.41) is 2.68. The Hall–Kier alpha value is -2.45. The van der Waals surface area contributed by atoms with Crippen LogP contribution < -0.4 is 5.32 Å². The number of amides is 2. The molecule has 0 spiro atoms. The van der Waals surface area contributed by atoms with Gasteiger partial charge in [0.2, 0.25) is 0 Å². The van der Waals surface area contributed by atoms with E-state index in [0.717, 1.165) is 22.7 Å². The van der Waals surface area contributed by atoms with Crippen molar-refractivity contribution in [3.8, 4) is 12.3 Å². The highest BCUT2D eigenvalue weighted by atomic mass is 32.2. The van der Waals surface area contributed by atoms with E-state index in [1.807, 2.05) is 12.1 Å². The summed E-state index contributed by atoms with van der Waals surface area (Å²) in [7, 11) is 0. The van der Waals surface area contributed by atoms with E-state index in [1.54, 1.807) is 18.4 Å². The van der Waals surface area contributed by atoms with Gasteiger partial charge in [0.15, 0.2) is 0 Å². The average molecular weight is 269 g/mol. The summed E-state index contributed by atoms with van der Waals surface area (Å²) in [5.41, 5.74) is 1.87. The second-order valence-corrected chi connectivity index (χ2v) is 4.85. The SMILES string of the molecule is C#CC(=C1SC(=O)NC1=O)c1ccc2occc2c1. The standard InChI is InChI=1S/C14H7NO3S/c1-2-10(12-13(16)15-14(17)19-12)8-3-4-11-9(7-8)5-6-18-11/h1,3-7H,(H,15,16,17). The van der Waals surface area contributed by atoms with Gasteiger partial charge in [0.25, 0.3) is 11.1 Å². The van der Waals surface area contributed by atoms with E-state index in [-0.39, 0.29) is 4.91 Å². The van der Waals surface area contributed by atoms with Crippen molar-refractivity contribution in [3.05, 3.63) is 41.0 Å². The Kier molecular flexibility index (Phi) is 2.65. The first-order valence-corrected chi connectivity index (χ1v) is 6.22. The van der Waals surface area contributed by atoms with Crippen molar-refractivity contribution in [3.63, 3.8) is 0 Å². The number of imide groups is 1. The minimum Gasteiger partial charge on any atom is -0.464 e. The zero-order valence-electron chi connectivity index (χ0n) is 9.60. The maximum atomic E-state index is 11.6. The predicted octanol–water partition coefficient (Wildman–Crippen LogP) is 2.76. The fourth-order valence-electron chi connectivity index (χ4n) is 1.88. The van der Waals surface area contributed by atoms with Crippen LogP contribution in [0.3, 0.4) is 0 Å². The molecule has 1 aliphatic rings. The van der Waals surface area contributed by atoms with Gasteiger partial charge in [0.1, 0.15) is 5.58 Å². The predicted molar refractivity (Wildman–Crippen MR) is 73.1 cm³/mol. The molecule has 0 bridgehead atoms. The van der Waals surface area contributed by atoms with Crippen LogP contribution in [-0.2, 0) is 4.79 Å². The van der Waals surface area contributed by atoms with Gasteiger partial charge in [-0.2, -0.15) is 0 Å². The topological polar surface area (TPSA) is 59.3 Å². The zero-order chi connectivity index (χ0) is 13.4. The number of allylic oxidation sites excluding steroid dienone is 1. The van der Waals surface area contributed by atoms with E-state index in [0.29, 0.717) is 11.1 Å². The van der Waals surface area contributed by atoms with Gasteiger partial charge in [-0.15, -0.1) is 6.42 Å². The first-order valence-electron chi connectivity index (χ1n) is 5.41. The van der Waals surface area contributed by atoms with Crippen molar-refractivity contribution in [2.24, 2.45) is 0 Å². The second kappa shape index (κ2) is 4.34. The first-order chi connectivity index (χ1) is 9.19. The summed E-state index contributed by atoms with van der Waals surface area (Å²) in [6.07, 6.45) is 7.06. The highest BCUT2D eigenvalue weighted by molar-refractivity contribution is 8.18. The summed E-state index contributed by atoms with van der Waals surface area (Å²) in [5.74, 6) is 2.03. The Morgan fingerprint density at radius 2 is 2.16 bits per heavy atom. The van der Waals surface area contributed by atoms with Gasteiger partial charge in [0.05, 0.1) is 16.7 Å². The van der Waals surface area contributed by atoms with E-state index in [9.17, 15) is 9.59 Å². The maximum absolute atomic E-state index is 11.6. The summed E-state index contributed by atoms with van der Waals surface area (Å²) >= 11 is 0.823. The highest BCUT2D eigenvalue weighted by Gasteiger charge is 2.28. The number of carbonyl (C=O) groups is 2. The minimum absolute atomic E-state index is 0.260. The zero-order valence-corrected chi connectivity index (χ0v) is 10.4. The number of nitrogens with one attached hydrogen (secondary N) is 1. The third-order valence-corrected chi connectivity index (χ3v) is 3.61. The van der Waals surface area contributed by atoms with Crippen molar-refractivity contribution in [2.75, 3.05) is 0 Å². The summed E-state index contributed by atoms with van der Waals surface area (Å²) in [6.45, 7) is 0. The lowest BCUT2D eigenvalue weighted by Crippen LogP contribution is -2.18. The third-order valence-electron chi connectivity index (χ3n) is 2.73. The summed E-state index contributed by atoms with van der Waals surface area (Å²) < 4.78 is 5.24. The number of carbonyl (C=O) groups excluding carboxylic acids is 2. The molecule has 2 aromatic rings. The number of benzene rings is 1. The molecule has 0 radical (unpaired) electrons. The Bertz CT molecular complexity index is 779. The molecule has 0 unspecified atom stereocenters. The van der Waals surface area contributed by atoms with Crippen molar-refractivity contribution in [1.82, 2.24) is 5.32 Å². The fraction of sp³-hybridized carbons (Fsp3) is 0. The van der Waals surface area contributed by atoms with Gasteiger partial charge in [-0.25, -0.2) is 0 Å². The van der Waals surface area contributed by atoms with E-state index >= 15 is 0 Å². The van der Waals surface area contributed by atoms with Crippen LogP contribution in [0.5, 0.6) is 0 Å². The largest absolute Gasteiger partial charge is 0.464 e. The van der Waals surface area contributed by atoms with Crippen LogP contribution in [-0.4, -0.2) is 11.1 Å². The van der Waals surface area contributed by atoms with Crippen LogP contribution in [0, 0.1) is 12.3 Å². The van der Waals surface area contributed by atoms with Gasteiger partial charge in [-0.1, -0.05) is 5.92 Å². The monoisotopic (exact) mass is 269 g/mol. The number of thioether (sulfide) groups is 1. The van der Waals surface area contributed by atoms with Gasteiger partial charge >= 0.3 is 0 Å². The first kappa shape index (κ1) is 11.6. The van der Waals surface area contributed by atoms with Gasteiger partial charge in [-0.3, -0.25) is 14.9 Å². The smallest absolute Gasteiger partial charge is 0.290 e. The van der Waals surface area contributed by atoms with Crippen LogP contribution in [0.25, 0.3) is 16.5 Å². The molecule has 1 aromatic carbocycles. The van der Waals surface area contributed by atoms with Crippen molar-refractivity contribution in [2.45, 2.75) is 0 Å². The van der Waals surface area contributed by atoms with Crippen LogP contribution in [0.15, 0.2) is 39.9 Å². The van der Waals surface area contributed by atoms with Crippen LogP contribution in [0.4, 0.5) is 4.79 Å². The molecule has 1 aromatic heterocycles. The van der Waals surface area contributed by atoms with E-state index < -0.39 is 11.1 Å². The summed E-state index contributed by atoms with van der Waals surface area (Å²) in [6, 6.07) is 7.19. The van der Waals surface area contributed by atoms with Crippen molar-refractivity contribution < 1.29 is 14.0 Å². The molecule has 5 heteroatoms. The minimum atomic E-state index is -0.449. The Morgan fingerprint density at radius 1 is 1.32 bits per heavy atom. The normalized spacial score (nSPS) is 17.4. The average Bonchev–Trinajstić information content (AvgIpc) is 2.97. The number of rotatable bonds is 1. The molecule has 2 amide bonds. The quantitative estimate of drug-likeness (QED) is 0.639. The number of furan rings is 1. The number of hydrogen-bond donors (Lipinski definition) is 1. The number of terminal acetylenes is 1. The molecular weight excluding hydrogens is 262 g/mol. The van der Waals surface area contributed by atoms with E-state index in [4.69, 9.17) is 10.8 Å². The molecule has 1 fully saturated rings. The molecule has 1 aliphatic heterocycles. The molecule has 19 heavy (non-hydrogen) atoms. The maximum Gasteiger partial charge on any atom is 0.290 e. The lowest BCUT2D eigenvalue weighted by molar-refractivity contribution is -0.115. The lowest BCUT2D eigenvalue weighted by Gasteiger charge is -2.02. The Balaban J connectivity index is 2.17. The molecular formula is C14H7NO3S. The molecule has 0 atom stereocenters. The lowest BCUT2D eigenvalue weighted by atomic mass is 10.0. The van der Waals surface area contributed by atoms with Gasteiger partial charge < -0.3 is 4.42 Å². The molecule has 1 saturated heterocycles. The molecule has 4 nitrogen and oxygen atoms in total. The molecule has 2 heterocycles. The third kappa shape index (κ3) is 1.92. The number of fused-ring (bicyclic) bond motifs is 1. The number of hydrogen-bond acceptors (Lipinski definition) is 4. The van der Waals surface area contributed by atoms with Crippen LogP contribution in [0.1, 0.15) is 5.56 Å². The Morgan fingerprint density at radius 3 is 2.84 bits per heavy atom. The van der Waals surface area contributed by atoms with E-state index in [2.05, 4.69) is 11.2 Å². The van der Waals surface area contributed by atoms with E-state index in [1.165, 1.54) is 0 Å². The van der Waals surface area contributed by atoms with Crippen LogP contribution >= 0.6 is 11.8 Å². The Labute approximate surface area is 112 Å². The molecule has 92 valence electrons. The van der Waals surface area contributed by atoms with Gasteiger partial charge in [0, 0.05) is 5.39 Å². The van der Waals surface area contributed by atoms with Crippen molar-refractivity contribution >= 4 is 39.5 Å². The van der Waals surface area contributed by atoms with Crippen molar-refractivity contribution in [1.29, 1.82) is 0 Å². The molecule has 0 aliphatic carbocycles. The fourth-order valence-corrected chi connectivity index (χ4v) is 2.63. The summed E-state index contributed by atoms with van der Waals surface area (Å²) in [4.78, 5) is 23.1. The molecule has 1 N–H and O–H groups in total. The highest BCUT2D eigenvalue weighted by Crippen LogP contribution is 2.32. The second-order valence-electron chi connectivity index (χ2n) is 3.87. The molecule has 0 saturated carbocycles.